The maximum Gasteiger partial charge on any atom is 0.203 e. The summed E-state index contributed by atoms with van der Waals surface area (Å²) in [5.41, 5.74) is 5.27. The van der Waals surface area contributed by atoms with Crippen molar-refractivity contribution in [1.82, 2.24) is 10.2 Å². The summed E-state index contributed by atoms with van der Waals surface area (Å²) >= 11 is 1.41. The molecule has 0 aromatic carbocycles. The molecule has 1 saturated heterocycles. The number of hydrogen-bond donors (Lipinski definition) is 1. The molecule has 1 aliphatic heterocycles. The van der Waals surface area contributed by atoms with Crippen molar-refractivity contribution >= 4 is 16.5 Å². The summed E-state index contributed by atoms with van der Waals surface area (Å²) in [4.78, 5) is 0. The van der Waals surface area contributed by atoms with Crippen LogP contribution in [0.25, 0.3) is 0 Å². The molecule has 0 aliphatic carbocycles. The largest absolute Gasteiger partial charge is 0.374 e. The normalized spacial score (nSPS) is 29.4. The fourth-order valence-electron chi connectivity index (χ4n) is 1.40. The van der Waals surface area contributed by atoms with Gasteiger partial charge in [0, 0.05) is 6.61 Å². The molecule has 1 atom stereocenters. The van der Waals surface area contributed by atoms with Gasteiger partial charge in [-0.05, 0) is 19.8 Å². The van der Waals surface area contributed by atoms with E-state index in [4.69, 9.17) is 10.5 Å². The molecular weight excluding hydrogens is 174 g/mol. The Hall–Kier alpha value is -0.680. The van der Waals surface area contributed by atoms with Crippen LogP contribution in [-0.4, -0.2) is 16.8 Å². The first-order valence-electron chi connectivity index (χ1n) is 3.94. The number of rotatable bonds is 1. The third kappa shape index (κ3) is 1.19. The molecule has 1 aromatic heterocycles. The molecule has 0 radical (unpaired) electrons. The lowest BCUT2D eigenvalue weighted by molar-refractivity contribution is 0.0161. The molecule has 66 valence electrons. The highest BCUT2D eigenvalue weighted by molar-refractivity contribution is 7.15. The van der Waals surface area contributed by atoms with Crippen LogP contribution in [0.3, 0.4) is 0 Å². The van der Waals surface area contributed by atoms with Gasteiger partial charge in [0.1, 0.15) is 5.60 Å². The van der Waals surface area contributed by atoms with Crippen LogP contribution in [0.15, 0.2) is 0 Å². The molecule has 0 spiro atoms. The fourth-order valence-corrected chi connectivity index (χ4v) is 2.13. The van der Waals surface area contributed by atoms with Gasteiger partial charge in [-0.15, -0.1) is 10.2 Å². The molecule has 1 unspecified atom stereocenters. The Morgan fingerprint density at radius 1 is 1.58 bits per heavy atom. The average molecular weight is 185 g/mol. The van der Waals surface area contributed by atoms with E-state index in [1.54, 1.807) is 0 Å². The molecule has 2 rings (SSSR count). The van der Waals surface area contributed by atoms with Gasteiger partial charge in [0.05, 0.1) is 0 Å². The van der Waals surface area contributed by atoms with E-state index in [0.29, 0.717) is 5.13 Å². The predicted molar refractivity (Wildman–Crippen MR) is 46.9 cm³/mol. The SMILES string of the molecule is CC1(c2nnc(N)s2)CCCO1. The van der Waals surface area contributed by atoms with Crippen LogP contribution >= 0.6 is 11.3 Å². The van der Waals surface area contributed by atoms with Crippen LogP contribution in [-0.2, 0) is 10.3 Å². The topological polar surface area (TPSA) is 61.0 Å². The summed E-state index contributed by atoms with van der Waals surface area (Å²) in [6.07, 6.45) is 2.11. The number of anilines is 1. The summed E-state index contributed by atoms with van der Waals surface area (Å²) in [7, 11) is 0. The van der Waals surface area contributed by atoms with Crippen LogP contribution < -0.4 is 5.73 Å². The van der Waals surface area contributed by atoms with Crippen LogP contribution in [0.2, 0.25) is 0 Å². The van der Waals surface area contributed by atoms with Gasteiger partial charge >= 0.3 is 0 Å². The number of ether oxygens (including phenoxy) is 1. The van der Waals surface area contributed by atoms with E-state index in [1.807, 2.05) is 6.92 Å². The van der Waals surface area contributed by atoms with Gasteiger partial charge in [0.25, 0.3) is 0 Å². The lowest BCUT2D eigenvalue weighted by Crippen LogP contribution is -2.19. The smallest absolute Gasteiger partial charge is 0.203 e. The highest BCUT2D eigenvalue weighted by Gasteiger charge is 2.35. The number of hydrogen-bond acceptors (Lipinski definition) is 5. The second-order valence-electron chi connectivity index (χ2n) is 3.13. The fraction of sp³-hybridized carbons (Fsp3) is 0.714. The lowest BCUT2D eigenvalue weighted by atomic mass is 10.0. The minimum atomic E-state index is -0.227. The highest BCUT2D eigenvalue weighted by atomic mass is 32.1. The van der Waals surface area contributed by atoms with E-state index in [2.05, 4.69) is 10.2 Å². The van der Waals surface area contributed by atoms with Crippen molar-refractivity contribution in [2.45, 2.75) is 25.4 Å². The Morgan fingerprint density at radius 2 is 2.42 bits per heavy atom. The molecule has 2 heterocycles. The third-order valence-electron chi connectivity index (χ3n) is 2.11. The molecule has 0 bridgehead atoms. The summed E-state index contributed by atoms with van der Waals surface area (Å²) in [5, 5.41) is 9.18. The minimum Gasteiger partial charge on any atom is -0.374 e. The zero-order chi connectivity index (χ0) is 8.60. The second-order valence-corrected chi connectivity index (χ2v) is 4.14. The quantitative estimate of drug-likeness (QED) is 0.712. The van der Waals surface area contributed by atoms with Crippen molar-refractivity contribution in [2.75, 3.05) is 12.3 Å². The molecule has 0 amide bonds. The summed E-state index contributed by atoms with van der Waals surface area (Å²) in [6, 6.07) is 0. The first-order valence-corrected chi connectivity index (χ1v) is 4.76. The Morgan fingerprint density at radius 3 is 2.92 bits per heavy atom. The van der Waals surface area contributed by atoms with Crippen molar-refractivity contribution < 1.29 is 4.74 Å². The molecule has 12 heavy (non-hydrogen) atoms. The number of nitrogens with zero attached hydrogens (tertiary/aromatic N) is 2. The van der Waals surface area contributed by atoms with E-state index in [1.165, 1.54) is 11.3 Å². The molecule has 1 aromatic rings. The number of nitrogens with two attached hydrogens (primary N) is 1. The van der Waals surface area contributed by atoms with Crippen molar-refractivity contribution in [3.8, 4) is 0 Å². The van der Waals surface area contributed by atoms with Crippen molar-refractivity contribution in [1.29, 1.82) is 0 Å². The van der Waals surface area contributed by atoms with Crippen molar-refractivity contribution in [3.05, 3.63) is 5.01 Å². The number of nitrogen functional groups attached to an aromatic ring is 1. The van der Waals surface area contributed by atoms with Crippen molar-refractivity contribution in [2.24, 2.45) is 0 Å². The van der Waals surface area contributed by atoms with Gasteiger partial charge in [0.2, 0.25) is 5.13 Å². The molecule has 1 fully saturated rings. The summed E-state index contributed by atoms with van der Waals surface area (Å²) in [6.45, 7) is 2.86. The Balaban J connectivity index is 2.28. The first-order chi connectivity index (χ1) is 5.71. The zero-order valence-corrected chi connectivity index (χ0v) is 7.73. The van der Waals surface area contributed by atoms with E-state index in [9.17, 15) is 0 Å². The molecule has 4 nitrogen and oxygen atoms in total. The Kier molecular flexibility index (Phi) is 1.77. The average Bonchev–Trinajstić information content (AvgIpc) is 2.59. The van der Waals surface area contributed by atoms with Gasteiger partial charge in [-0.1, -0.05) is 11.3 Å². The van der Waals surface area contributed by atoms with Crippen LogP contribution in [0, 0.1) is 0 Å². The predicted octanol–water partition coefficient (Wildman–Crippen LogP) is 1.15. The van der Waals surface area contributed by atoms with Gasteiger partial charge in [0.15, 0.2) is 5.01 Å². The minimum absolute atomic E-state index is 0.227. The van der Waals surface area contributed by atoms with Crippen LogP contribution in [0.5, 0.6) is 0 Å². The van der Waals surface area contributed by atoms with Gasteiger partial charge < -0.3 is 10.5 Å². The lowest BCUT2D eigenvalue weighted by Gasteiger charge is -2.18. The monoisotopic (exact) mass is 185 g/mol. The third-order valence-corrected chi connectivity index (χ3v) is 3.11. The highest BCUT2D eigenvalue weighted by Crippen LogP contribution is 2.37. The summed E-state index contributed by atoms with van der Waals surface area (Å²) < 4.78 is 5.59. The van der Waals surface area contributed by atoms with Crippen molar-refractivity contribution in [3.63, 3.8) is 0 Å². The number of aromatic nitrogens is 2. The maximum atomic E-state index is 5.59. The molecule has 0 saturated carbocycles. The van der Waals surface area contributed by atoms with E-state index in [-0.39, 0.29) is 5.60 Å². The molecule has 1 aliphatic rings. The van der Waals surface area contributed by atoms with E-state index < -0.39 is 0 Å². The second kappa shape index (κ2) is 2.67. The van der Waals surface area contributed by atoms with Gasteiger partial charge in [-0.3, -0.25) is 0 Å². The van der Waals surface area contributed by atoms with Gasteiger partial charge in [-0.25, -0.2) is 0 Å². The van der Waals surface area contributed by atoms with Crippen LogP contribution in [0.1, 0.15) is 24.8 Å². The summed E-state index contributed by atoms with van der Waals surface area (Å²) in [5.74, 6) is 0. The zero-order valence-electron chi connectivity index (χ0n) is 6.91. The Bertz CT molecular complexity index is 280. The molecular formula is C7H11N3OS. The van der Waals surface area contributed by atoms with Gasteiger partial charge in [-0.2, -0.15) is 0 Å². The Labute approximate surface area is 74.8 Å². The maximum absolute atomic E-state index is 5.59. The van der Waals surface area contributed by atoms with Crippen LogP contribution in [0.4, 0.5) is 5.13 Å². The standard InChI is InChI=1S/C7H11N3OS/c1-7(3-2-4-11-7)5-9-10-6(8)12-5/h2-4H2,1H3,(H2,8,10). The molecule has 5 heteroatoms. The molecule has 2 N–H and O–H groups in total. The first kappa shape index (κ1) is 7.94. The van der Waals surface area contributed by atoms with E-state index in [0.717, 1.165) is 24.5 Å². The van der Waals surface area contributed by atoms with E-state index >= 15 is 0 Å².